The molecule has 0 unspecified atom stereocenters. The van der Waals surface area contributed by atoms with Crippen molar-refractivity contribution in [2.75, 3.05) is 33.7 Å². The Balaban J connectivity index is 1.69. The molecule has 0 spiro atoms. The summed E-state index contributed by atoms with van der Waals surface area (Å²) in [6, 6.07) is 0.694. The number of piperidine rings is 1. The van der Waals surface area contributed by atoms with E-state index in [-0.39, 0.29) is 11.6 Å². The van der Waals surface area contributed by atoms with Gasteiger partial charge in [0.25, 0.3) is 5.91 Å². The van der Waals surface area contributed by atoms with Gasteiger partial charge in [-0.2, -0.15) is 0 Å². The number of likely N-dealkylation sites (tertiary alicyclic amines) is 1. The highest BCUT2D eigenvalue weighted by Crippen LogP contribution is 2.27. The van der Waals surface area contributed by atoms with Crippen molar-refractivity contribution in [1.82, 2.24) is 24.3 Å². The molecule has 1 aliphatic rings. The highest BCUT2D eigenvalue weighted by molar-refractivity contribution is 5.92. The second kappa shape index (κ2) is 8.56. The van der Waals surface area contributed by atoms with Crippen molar-refractivity contribution in [1.29, 1.82) is 0 Å². The van der Waals surface area contributed by atoms with Crippen LogP contribution in [0.3, 0.4) is 0 Å². The number of pyridine rings is 1. The first kappa shape index (κ1) is 19.4. The second-order valence-electron chi connectivity index (χ2n) is 7.21. The average molecular weight is 377 g/mol. The van der Waals surface area contributed by atoms with Gasteiger partial charge >= 0.3 is 0 Å². The van der Waals surface area contributed by atoms with Crippen molar-refractivity contribution in [3.05, 3.63) is 47.8 Å². The molecule has 1 fully saturated rings. The van der Waals surface area contributed by atoms with Gasteiger partial charge in [0.2, 0.25) is 0 Å². The summed E-state index contributed by atoms with van der Waals surface area (Å²) >= 11 is 0. The van der Waals surface area contributed by atoms with Crippen LogP contribution in [0.5, 0.6) is 0 Å². The SMILES string of the molecule is CN(C)CCCn1ccnc1[C@H]1CCCN(C(=O)c2ncc(F)cc2F)C1. The molecule has 0 radical (unpaired) electrons. The monoisotopic (exact) mass is 377 g/mol. The van der Waals surface area contributed by atoms with E-state index in [0.717, 1.165) is 44.4 Å². The van der Waals surface area contributed by atoms with E-state index in [9.17, 15) is 13.6 Å². The van der Waals surface area contributed by atoms with Gasteiger partial charge in [-0.05, 0) is 39.9 Å². The fourth-order valence-corrected chi connectivity index (χ4v) is 3.52. The van der Waals surface area contributed by atoms with Crippen molar-refractivity contribution in [2.24, 2.45) is 0 Å². The number of aryl methyl sites for hydroxylation is 1. The first-order valence-corrected chi connectivity index (χ1v) is 9.21. The van der Waals surface area contributed by atoms with Gasteiger partial charge in [-0.3, -0.25) is 4.79 Å². The molecule has 27 heavy (non-hydrogen) atoms. The van der Waals surface area contributed by atoms with Gasteiger partial charge in [0.05, 0.1) is 6.20 Å². The van der Waals surface area contributed by atoms with Gasteiger partial charge in [-0.25, -0.2) is 18.7 Å². The number of nitrogens with zero attached hydrogens (tertiary/aromatic N) is 5. The molecule has 0 aliphatic carbocycles. The van der Waals surface area contributed by atoms with Crippen LogP contribution in [0.4, 0.5) is 8.78 Å². The van der Waals surface area contributed by atoms with E-state index in [1.807, 2.05) is 20.3 Å². The Hall–Kier alpha value is -2.35. The minimum Gasteiger partial charge on any atom is -0.336 e. The van der Waals surface area contributed by atoms with Gasteiger partial charge in [0.15, 0.2) is 11.5 Å². The lowest BCUT2D eigenvalue weighted by Crippen LogP contribution is -2.40. The van der Waals surface area contributed by atoms with Crippen LogP contribution in [0.25, 0.3) is 0 Å². The molecule has 1 amide bonds. The molecule has 146 valence electrons. The Bertz CT molecular complexity index is 792. The topological polar surface area (TPSA) is 54.3 Å². The summed E-state index contributed by atoms with van der Waals surface area (Å²) in [5.41, 5.74) is -0.327. The number of hydrogen-bond acceptors (Lipinski definition) is 4. The third-order valence-corrected chi connectivity index (χ3v) is 4.84. The normalized spacial score (nSPS) is 17.5. The van der Waals surface area contributed by atoms with E-state index in [1.54, 1.807) is 11.1 Å². The fourth-order valence-electron chi connectivity index (χ4n) is 3.52. The number of amides is 1. The lowest BCUT2D eigenvalue weighted by atomic mass is 9.96. The lowest BCUT2D eigenvalue weighted by molar-refractivity contribution is 0.0691. The molecule has 3 rings (SSSR count). The number of aromatic nitrogens is 3. The summed E-state index contributed by atoms with van der Waals surface area (Å²) < 4.78 is 29.1. The standard InChI is InChI=1S/C19H25F2N5O/c1-24(2)7-4-9-25-10-6-22-18(25)14-5-3-8-26(13-14)19(27)17-16(21)11-15(20)12-23-17/h6,10-12,14H,3-5,7-9,13H2,1-2H3/t14-/m0/s1. The van der Waals surface area contributed by atoms with Crippen LogP contribution in [-0.4, -0.2) is 64.0 Å². The third kappa shape index (κ3) is 4.68. The number of rotatable bonds is 6. The molecular formula is C19H25F2N5O. The highest BCUT2D eigenvalue weighted by Gasteiger charge is 2.29. The van der Waals surface area contributed by atoms with E-state index < -0.39 is 17.5 Å². The second-order valence-corrected chi connectivity index (χ2v) is 7.21. The molecule has 2 aromatic rings. The summed E-state index contributed by atoms with van der Waals surface area (Å²) in [5.74, 6) is -1.16. The lowest BCUT2D eigenvalue weighted by Gasteiger charge is -2.32. The molecule has 2 aromatic heterocycles. The van der Waals surface area contributed by atoms with Gasteiger partial charge in [-0.15, -0.1) is 0 Å². The molecule has 1 atom stereocenters. The maximum absolute atomic E-state index is 13.9. The van der Waals surface area contributed by atoms with Crippen molar-refractivity contribution in [3.8, 4) is 0 Å². The quantitative estimate of drug-likeness (QED) is 0.776. The maximum Gasteiger partial charge on any atom is 0.275 e. The van der Waals surface area contributed by atoms with E-state index in [1.165, 1.54) is 0 Å². The minimum atomic E-state index is -0.924. The summed E-state index contributed by atoms with van der Waals surface area (Å²) in [6.45, 7) is 2.85. The van der Waals surface area contributed by atoms with Crippen LogP contribution in [0, 0.1) is 11.6 Å². The van der Waals surface area contributed by atoms with Gasteiger partial charge in [0.1, 0.15) is 11.6 Å². The molecule has 3 heterocycles. The average Bonchev–Trinajstić information content (AvgIpc) is 3.09. The molecular weight excluding hydrogens is 352 g/mol. The summed E-state index contributed by atoms with van der Waals surface area (Å²) in [7, 11) is 4.09. The van der Waals surface area contributed by atoms with E-state index in [0.29, 0.717) is 19.2 Å². The van der Waals surface area contributed by atoms with Gasteiger partial charge < -0.3 is 14.4 Å². The van der Waals surface area contributed by atoms with E-state index in [2.05, 4.69) is 19.4 Å². The Morgan fingerprint density at radius 3 is 2.89 bits per heavy atom. The molecule has 1 aliphatic heterocycles. The highest BCUT2D eigenvalue weighted by atomic mass is 19.1. The van der Waals surface area contributed by atoms with E-state index >= 15 is 0 Å². The molecule has 0 bridgehead atoms. The van der Waals surface area contributed by atoms with Crippen LogP contribution in [0.15, 0.2) is 24.7 Å². The number of carbonyl (C=O) groups is 1. The van der Waals surface area contributed by atoms with Crippen molar-refractivity contribution in [2.45, 2.75) is 31.7 Å². The number of imidazole rings is 1. The molecule has 0 saturated carbocycles. The smallest absolute Gasteiger partial charge is 0.275 e. The van der Waals surface area contributed by atoms with Crippen LogP contribution < -0.4 is 0 Å². The summed E-state index contributed by atoms with van der Waals surface area (Å²) in [5, 5.41) is 0. The maximum atomic E-state index is 13.9. The summed E-state index contributed by atoms with van der Waals surface area (Å²) in [6.07, 6.45) is 7.36. The minimum absolute atomic E-state index is 0.0977. The first-order valence-electron chi connectivity index (χ1n) is 9.21. The zero-order chi connectivity index (χ0) is 19.4. The molecule has 1 saturated heterocycles. The number of halogens is 2. The van der Waals surface area contributed by atoms with Crippen LogP contribution in [-0.2, 0) is 6.54 Å². The zero-order valence-electron chi connectivity index (χ0n) is 15.7. The van der Waals surface area contributed by atoms with Crippen molar-refractivity contribution in [3.63, 3.8) is 0 Å². The molecule has 6 nitrogen and oxygen atoms in total. The molecule has 0 N–H and O–H groups in total. The van der Waals surface area contributed by atoms with Crippen LogP contribution in [0.2, 0.25) is 0 Å². The predicted octanol–water partition coefficient (Wildman–Crippen LogP) is 2.53. The first-order chi connectivity index (χ1) is 13.0. The Morgan fingerprint density at radius 1 is 1.33 bits per heavy atom. The Labute approximate surface area is 157 Å². The van der Waals surface area contributed by atoms with Crippen LogP contribution in [0.1, 0.15) is 41.5 Å². The molecule has 0 aromatic carbocycles. The fraction of sp³-hybridized carbons (Fsp3) is 0.526. The van der Waals surface area contributed by atoms with Gasteiger partial charge in [-0.1, -0.05) is 0 Å². The van der Waals surface area contributed by atoms with Crippen molar-refractivity contribution < 1.29 is 13.6 Å². The molecule has 8 heteroatoms. The summed E-state index contributed by atoms with van der Waals surface area (Å²) in [4.78, 5) is 24.5. The third-order valence-electron chi connectivity index (χ3n) is 4.84. The largest absolute Gasteiger partial charge is 0.336 e. The Kier molecular flexibility index (Phi) is 6.15. The predicted molar refractivity (Wildman–Crippen MR) is 97.4 cm³/mol. The van der Waals surface area contributed by atoms with E-state index in [4.69, 9.17) is 0 Å². The number of hydrogen-bond donors (Lipinski definition) is 0. The van der Waals surface area contributed by atoms with Crippen molar-refractivity contribution >= 4 is 5.91 Å². The zero-order valence-corrected chi connectivity index (χ0v) is 15.7. The Morgan fingerprint density at radius 2 is 2.15 bits per heavy atom. The number of carbonyl (C=O) groups excluding carboxylic acids is 1. The van der Waals surface area contributed by atoms with Gasteiger partial charge in [0, 0.05) is 44.0 Å². The van der Waals surface area contributed by atoms with Crippen LogP contribution >= 0.6 is 0 Å².